The number of nitrogens with two attached hydrogens (primary N) is 2. The smallest absolute Gasteiger partial charge is 0.0223 e. The molecule has 0 radical (unpaired) electrons. The van der Waals surface area contributed by atoms with Crippen molar-refractivity contribution in [1.29, 1.82) is 0 Å². The summed E-state index contributed by atoms with van der Waals surface area (Å²) in [5, 5.41) is 0. The van der Waals surface area contributed by atoms with Gasteiger partial charge in [0.1, 0.15) is 0 Å². The van der Waals surface area contributed by atoms with Gasteiger partial charge in [0.05, 0.1) is 0 Å². The minimum absolute atomic E-state index is 0.284. The first-order valence-electron chi connectivity index (χ1n) is 6.78. The Kier molecular flexibility index (Phi) is 2.52. The van der Waals surface area contributed by atoms with Gasteiger partial charge in [-0.2, -0.15) is 0 Å². The van der Waals surface area contributed by atoms with E-state index < -0.39 is 0 Å². The van der Waals surface area contributed by atoms with Crippen molar-refractivity contribution in [3.8, 4) is 0 Å². The van der Waals surface area contributed by atoms with E-state index in [4.69, 9.17) is 11.5 Å². The first-order chi connectivity index (χ1) is 7.27. The molecular formula is C13H24N2. The zero-order valence-corrected chi connectivity index (χ0v) is 9.57. The lowest BCUT2D eigenvalue weighted by molar-refractivity contribution is 0.158. The van der Waals surface area contributed by atoms with Gasteiger partial charge in [-0.15, -0.1) is 0 Å². The van der Waals surface area contributed by atoms with E-state index in [0.717, 1.165) is 23.7 Å². The van der Waals surface area contributed by atoms with Crippen molar-refractivity contribution in [2.45, 2.75) is 57.0 Å². The van der Waals surface area contributed by atoms with Crippen LogP contribution in [0.4, 0.5) is 0 Å². The van der Waals surface area contributed by atoms with Crippen molar-refractivity contribution in [1.82, 2.24) is 0 Å². The lowest BCUT2D eigenvalue weighted by Crippen LogP contribution is -2.51. The van der Waals surface area contributed by atoms with Crippen molar-refractivity contribution >= 4 is 0 Å². The van der Waals surface area contributed by atoms with Crippen LogP contribution in [0.5, 0.6) is 0 Å². The van der Waals surface area contributed by atoms with Gasteiger partial charge in [0.25, 0.3) is 0 Å². The molecule has 15 heavy (non-hydrogen) atoms. The van der Waals surface area contributed by atoms with Crippen LogP contribution in [0.15, 0.2) is 0 Å². The van der Waals surface area contributed by atoms with Crippen molar-refractivity contribution in [2.24, 2.45) is 35.1 Å². The Bertz CT molecular complexity index is 241. The van der Waals surface area contributed by atoms with Crippen molar-refractivity contribution in [2.75, 3.05) is 0 Å². The molecule has 0 aromatic heterocycles. The Hall–Kier alpha value is -0.0800. The van der Waals surface area contributed by atoms with Gasteiger partial charge >= 0.3 is 0 Å². The molecule has 0 aromatic rings. The number of hydrogen-bond donors (Lipinski definition) is 2. The Morgan fingerprint density at radius 1 is 0.733 bits per heavy atom. The average molecular weight is 208 g/mol. The van der Waals surface area contributed by atoms with Crippen molar-refractivity contribution in [3.05, 3.63) is 0 Å². The molecule has 2 nitrogen and oxygen atoms in total. The molecule has 0 spiro atoms. The van der Waals surface area contributed by atoms with E-state index in [-0.39, 0.29) is 6.04 Å². The lowest BCUT2D eigenvalue weighted by Gasteiger charge is -2.38. The third-order valence-corrected chi connectivity index (χ3v) is 5.46. The molecule has 0 amide bonds. The van der Waals surface area contributed by atoms with E-state index in [0.29, 0.717) is 6.04 Å². The lowest BCUT2D eigenvalue weighted by atomic mass is 9.71. The highest BCUT2D eigenvalue weighted by Gasteiger charge is 2.48. The maximum Gasteiger partial charge on any atom is 0.0223 e. The quantitative estimate of drug-likeness (QED) is 0.638. The van der Waals surface area contributed by atoms with E-state index in [2.05, 4.69) is 0 Å². The molecule has 3 saturated carbocycles. The SMILES string of the molecule is NC1CCC2C3CCCCC3CC2C1N. The van der Waals surface area contributed by atoms with Gasteiger partial charge in [0.2, 0.25) is 0 Å². The van der Waals surface area contributed by atoms with Crippen molar-refractivity contribution < 1.29 is 0 Å². The van der Waals surface area contributed by atoms with Gasteiger partial charge < -0.3 is 11.5 Å². The van der Waals surface area contributed by atoms with Crippen LogP contribution >= 0.6 is 0 Å². The molecule has 6 atom stereocenters. The molecule has 3 aliphatic rings. The molecule has 4 N–H and O–H groups in total. The number of hydrogen-bond acceptors (Lipinski definition) is 2. The fraction of sp³-hybridized carbons (Fsp3) is 1.00. The Morgan fingerprint density at radius 3 is 2.40 bits per heavy atom. The Balaban J connectivity index is 1.79. The van der Waals surface area contributed by atoms with E-state index in [9.17, 15) is 0 Å². The topological polar surface area (TPSA) is 52.0 Å². The van der Waals surface area contributed by atoms with Crippen LogP contribution in [0.1, 0.15) is 44.9 Å². The Labute approximate surface area is 92.8 Å². The summed E-state index contributed by atoms with van der Waals surface area (Å²) in [6, 6.07) is 0.584. The van der Waals surface area contributed by atoms with Gasteiger partial charge in [-0.1, -0.05) is 19.3 Å². The second kappa shape index (κ2) is 3.74. The highest BCUT2D eigenvalue weighted by atomic mass is 14.8. The number of fused-ring (bicyclic) bond motifs is 3. The van der Waals surface area contributed by atoms with E-state index >= 15 is 0 Å². The second-order valence-electron chi connectivity index (χ2n) is 6.09. The highest BCUT2D eigenvalue weighted by molar-refractivity contribution is 5.02. The van der Waals surface area contributed by atoms with E-state index in [1.807, 2.05) is 0 Å². The monoisotopic (exact) mass is 208 g/mol. The summed E-state index contributed by atoms with van der Waals surface area (Å²) in [6.07, 6.45) is 9.80. The molecule has 0 aliphatic heterocycles. The minimum Gasteiger partial charge on any atom is -0.326 e. The van der Waals surface area contributed by atoms with Crippen LogP contribution in [0.2, 0.25) is 0 Å². The standard InChI is InChI=1S/C13H24N2/c14-12-6-5-10-9-4-2-1-3-8(9)7-11(10)13(12)15/h8-13H,1-7,14-15H2. The molecule has 86 valence electrons. The first-order valence-corrected chi connectivity index (χ1v) is 6.78. The van der Waals surface area contributed by atoms with E-state index in [1.165, 1.54) is 44.9 Å². The molecule has 6 unspecified atom stereocenters. The van der Waals surface area contributed by atoms with Gasteiger partial charge in [-0.3, -0.25) is 0 Å². The summed E-state index contributed by atoms with van der Waals surface area (Å²) >= 11 is 0. The molecule has 3 rings (SSSR count). The van der Waals surface area contributed by atoms with Gasteiger partial charge in [0, 0.05) is 12.1 Å². The third-order valence-electron chi connectivity index (χ3n) is 5.46. The maximum absolute atomic E-state index is 6.29. The summed E-state index contributed by atoms with van der Waals surface area (Å²) in [4.78, 5) is 0. The molecule has 2 heteroatoms. The third kappa shape index (κ3) is 1.53. The van der Waals surface area contributed by atoms with E-state index in [1.54, 1.807) is 0 Å². The molecule has 3 fully saturated rings. The van der Waals surface area contributed by atoms with Crippen LogP contribution in [0.3, 0.4) is 0 Å². The minimum atomic E-state index is 0.284. The fourth-order valence-corrected chi connectivity index (χ4v) is 4.70. The normalized spacial score (nSPS) is 54.8. The van der Waals surface area contributed by atoms with Gasteiger partial charge in [-0.05, 0) is 49.4 Å². The van der Waals surface area contributed by atoms with Crippen LogP contribution in [0, 0.1) is 23.7 Å². The fourth-order valence-electron chi connectivity index (χ4n) is 4.70. The molecule has 0 bridgehead atoms. The first kappa shape index (κ1) is 10.1. The van der Waals surface area contributed by atoms with Gasteiger partial charge in [0.15, 0.2) is 0 Å². The van der Waals surface area contributed by atoms with Crippen LogP contribution in [-0.2, 0) is 0 Å². The molecule has 3 aliphatic carbocycles. The van der Waals surface area contributed by atoms with Crippen LogP contribution in [0.25, 0.3) is 0 Å². The predicted molar refractivity (Wildman–Crippen MR) is 62.2 cm³/mol. The molecular weight excluding hydrogens is 184 g/mol. The summed E-state index contributed by atoms with van der Waals surface area (Å²) in [6.45, 7) is 0. The summed E-state index contributed by atoms with van der Waals surface area (Å²) in [7, 11) is 0. The Morgan fingerprint density at radius 2 is 1.53 bits per heavy atom. The van der Waals surface area contributed by atoms with Crippen LogP contribution in [-0.4, -0.2) is 12.1 Å². The second-order valence-corrected chi connectivity index (χ2v) is 6.09. The molecule has 0 saturated heterocycles. The largest absolute Gasteiger partial charge is 0.326 e. The van der Waals surface area contributed by atoms with Crippen LogP contribution < -0.4 is 11.5 Å². The average Bonchev–Trinajstić information content (AvgIpc) is 2.63. The van der Waals surface area contributed by atoms with Crippen molar-refractivity contribution in [3.63, 3.8) is 0 Å². The zero-order valence-electron chi connectivity index (χ0n) is 9.57. The molecule has 0 heterocycles. The summed E-state index contributed by atoms with van der Waals surface area (Å²) in [5.41, 5.74) is 12.4. The summed E-state index contributed by atoms with van der Waals surface area (Å²) in [5.74, 6) is 3.72. The number of rotatable bonds is 0. The predicted octanol–water partition coefficient (Wildman–Crippen LogP) is 1.88. The zero-order chi connectivity index (χ0) is 10.4. The van der Waals surface area contributed by atoms with Gasteiger partial charge in [-0.25, -0.2) is 0 Å². The highest BCUT2D eigenvalue weighted by Crippen LogP contribution is 2.53. The molecule has 0 aromatic carbocycles. The maximum atomic E-state index is 6.29. The summed E-state index contributed by atoms with van der Waals surface area (Å²) < 4.78 is 0.